The van der Waals surface area contributed by atoms with Gasteiger partial charge in [-0.3, -0.25) is 9.69 Å². The topological polar surface area (TPSA) is 101 Å². The predicted molar refractivity (Wildman–Crippen MR) is 133 cm³/mol. The van der Waals surface area contributed by atoms with E-state index in [1.165, 1.54) is 83.5 Å². The van der Waals surface area contributed by atoms with Gasteiger partial charge in [0.25, 0.3) is 0 Å². The Kier molecular flexibility index (Phi) is 38.2. The first kappa shape index (κ1) is 36.1. The van der Waals surface area contributed by atoms with Crippen molar-refractivity contribution >= 4 is 43.7 Å². The van der Waals surface area contributed by atoms with Crippen LogP contribution in [0.2, 0.25) is 0 Å². The summed E-state index contributed by atoms with van der Waals surface area (Å²) in [5, 5.41) is 34.0. The molecule has 0 bridgehead atoms. The van der Waals surface area contributed by atoms with Gasteiger partial charge in [0.2, 0.25) is 0 Å². The fourth-order valence-corrected chi connectivity index (χ4v) is 3.41. The Morgan fingerprint density at radius 2 is 0.903 bits per heavy atom. The van der Waals surface area contributed by atoms with Crippen LogP contribution in [0.15, 0.2) is 0 Å². The molecule has 186 valence electrons. The minimum Gasteiger partial charge on any atom is -1.00 e. The number of carboxylic acids is 1. The van der Waals surface area contributed by atoms with Crippen LogP contribution in [0.1, 0.15) is 113 Å². The predicted octanol–water partition coefficient (Wildman–Crippen LogP) is 4.44. The third-order valence-corrected chi connectivity index (χ3v) is 5.24. The zero-order chi connectivity index (χ0) is 22.7. The van der Waals surface area contributed by atoms with Crippen LogP contribution in [0.5, 0.6) is 0 Å². The molecule has 0 fully saturated rings. The zero-order valence-electron chi connectivity index (χ0n) is 22.4. The molecule has 0 heterocycles. The number of hydrogen-bond donors (Lipinski definition) is 4. The molecule has 0 aromatic heterocycles. The molecule has 0 aliphatic rings. The maximum absolute atomic E-state index is 10.3. The number of unbranched alkanes of at least 4 members (excludes halogenated alkanes) is 14. The largest absolute Gasteiger partial charge is 2.00 e. The average molecular weight is 476 g/mol. The van der Waals surface area contributed by atoms with Gasteiger partial charge in [0.15, 0.2) is 0 Å². The number of rotatable bonds is 22. The number of carbonyl (C=O) groups is 1. The summed E-state index contributed by atoms with van der Waals surface area (Å²) in [5.74, 6) is -0.653. The molecular weight excluding hydrogens is 422 g/mol. The number of aliphatic hydroxyl groups is 3. The summed E-state index contributed by atoms with van der Waals surface area (Å²) in [5.41, 5.74) is 0. The molecule has 0 aromatic carbocycles. The standard InChI is InChI=1S/C18H36O2.C6H15NO3.Ca.2H/c1-2-3-4-5-6-7-8-9-10-11-12-13-14-15-16-17-18(19)20;8-4-1-7(2-5-9)3-6-10;;;/h2-17H2,1H3,(H,19,20);8-10H,1-6H2;;;/q;;+2;2*-1. The van der Waals surface area contributed by atoms with Gasteiger partial charge >= 0.3 is 43.7 Å². The van der Waals surface area contributed by atoms with Crippen LogP contribution in [0.4, 0.5) is 0 Å². The minimum atomic E-state index is -0.653. The van der Waals surface area contributed by atoms with E-state index < -0.39 is 5.97 Å². The Labute approximate surface area is 224 Å². The molecule has 0 aliphatic heterocycles. The van der Waals surface area contributed by atoms with E-state index in [9.17, 15) is 4.79 Å². The molecule has 6 nitrogen and oxygen atoms in total. The van der Waals surface area contributed by atoms with E-state index >= 15 is 0 Å². The van der Waals surface area contributed by atoms with Crippen molar-refractivity contribution in [2.24, 2.45) is 0 Å². The van der Waals surface area contributed by atoms with Crippen molar-refractivity contribution in [3.8, 4) is 0 Å². The third-order valence-electron chi connectivity index (χ3n) is 5.24. The molecule has 0 amide bonds. The third kappa shape index (κ3) is 35.3. The summed E-state index contributed by atoms with van der Waals surface area (Å²) in [7, 11) is 0. The number of nitrogens with zero attached hydrogens (tertiary/aromatic N) is 1. The summed E-state index contributed by atoms with van der Waals surface area (Å²) in [4.78, 5) is 12.1. The van der Waals surface area contributed by atoms with Gasteiger partial charge in [-0.05, 0) is 6.42 Å². The van der Waals surface area contributed by atoms with Crippen LogP contribution in [0.25, 0.3) is 0 Å². The molecule has 0 aliphatic carbocycles. The molecule has 4 N–H and O–H groups in total. The quantitative estimate of drug-likeness (QED) is 0.136. The molecule has 0 atom stereocenters. The monoisotopic (exact) mass is 475 g/mol. The van der Waals surface area contributed by atoms with Crippen molar-refractivity contribution in [2.45, 2.75) is 110 Å². The number of aliphatic hydroxyl groups excluding tert-OH is 3. The Morgan fingerprint density at radius 1 is 0.613 bits per heavy atom. The van der Waals surface area contributed by atoms with Crippen molar-refractivity contribution < 1.29 is 28.1 Å². The molecule has 0 rings (SSSR count). The normalized spacial score (nSPS) is 10.5. The van der Waals surface area contributed by atoms with Crippen LogP contribution >= 0.6 is 0 Å². The van der Waals surface area contributed by atoms with Crippen molar-refractivity contribution in [1.82, 2.24) is 4.90 Å². The Bertz CT molecular complexity index is 332. The van der Waals surface area contributed by atoms with Gasteiger partial charge in [0.05, 0.1) is 19.8 Å². The van der Waals surface area contributed by atoms with Gasteiger partial charge in [0.1, 0.15) is 0 Å². The SMILES string of the molecule is CCCCCCCCCCCCCCCCCC(=O)O.OCCN(CCO)CCO.[Ca+2].[H-].[H-]. The van der Waals surface area contributed by atoms with Gasteiger partial charge < -0.3 is 23.3 Å². The fraction of sp³-hybridized carbons (Fsp3) is 0.958. The number of hydrogen-bond acceptors (Lipinski definition) is 5. The van der Waals surface area contributed by atoms with Crippen molar-refractivity contribution in [3.05, 3.63) is 0 Å². The summed E-state index contributed by atoms with van der Waals surface area (Å²) in [6.07, 6.45) is 20.2. The second-order valence-electron chi connectivity index (χ2n) is 8.11. The first-order chi connectivity index (χ1) is 14.6. The molecule has 0 saturated heterocycles. The van der Waals surface area contributed by atoms with E-state index in [0.29, 0.717) is 26.1 Å². The van der Waals surface area contributed by atoms with Crippen molar-refractivity contribution in [2.75, 3.05) is 39.5 Å². The van der Waals surface area contributed by atoms with Crippen LogP contribution in [0.3, 0.4) is 0 Å². The Hall–Kier alpha value is 0.570. The summed E-state index contributed by atoms with van der Waals surface area (Å²) in [6.45, 7) is 4.02. The second kappa shape index (κ2) is 32.7. The molecule has 0 unspecified atom stereocenters. The minimum absolute atomic E-state index is 0. The summed E-state index contributed by atoms with van der Waals surface area (Å²) >= 11 is 0. The maximum atomic E-state index is 10.3. The number of carboxylic acid groups (broad SMARTS) is 1. The molecule has 0 spiro atoms. The smallest absolute Gasteiger partial charge is 1.00 e. The fourth-order valence-electron chi connectivity index (χ4n) is 3.41. The summed E-state index contributed by atoms with van der Waals surface area (Å²) in [6, 6.07) is 0. The van der Waals surface area contributed by atoms with E-state index in [1.807, 2.05) is 0 Å². The van der Waals surface area contributed by atoms with Crippen LogP contribution in [0, 0.1) is 0 Å². The number of aliphatic carboxylic acids is 1. The van der Waals surface area contributed by atoms with Crippen molar-refractivity contribution in [3.63, 3.8) is 0 Å². The summed E-state index contributed by atoms with van der Waals surface area (Å²) < 4.78 is 0. The van der Waals surface area contributed by atoms with Crippen LogP contribution in [-0.4, -0.2) is 108 Å². The van der Waals surface area contributed by atoms with E-state index in [0.717, 1.165) is 12.8 Å². The van der Waals surface area contributed by atoms with Gasteiger partial charge in [-0.25, -0.2) is 0 Å². The molecule has 7 heteroatoms. The van der Waals surface area contributed by atoms with Gasteiger partial charge in [-0.15, -0.1) is 0 Å². The molecular formula is C24H53CaNO5. The zero-order valence-corrected chi connectivity index (χ0v) is 22.6. The van der Waals surface area contributed by atoms with E-state index in [1.54, 1.807) is 4.90 Å². The van der Waals surface area contributed by atoms with Gasteiger partial charge in [-0.2, -0.15) is 0 Å². The van der Waals surface area contributed by atoms with Gasteiger partial charge in [0, 0.05) is 26.1 Å². The first-order valence-electron chi connectivity index (χ1n) is 12.4. The maximum Gasteiger partial charge on any atom is 2.00 e. The van der Waals surface area contributed by atoms with Gasteiger partial charge in [-0.1, -0.05) is 96.8 Å². The first-order valence-corrected chi connectivity index (χ1v) is 12.4. The van der Waals surface area contributed by atoms with Crippen LogP contribution < -0.4 is 0 Å². The van der Waals surface area contributed by atoms with Crippen molar-refractivity contribution in [1.29, 1.82) is 0 Å². The van der Waals surface area contributed by atoms with E-state index in [-0.39, 0.29) is 60.4 Å². The average Bonchev–Trinajstić information content (AvgIpc) is 2.72. The van der Waals surface area contributed by atoms with E-state index in [4.69, 9.17) is 20.4 Å². The molecule has 0 aromatic rings. The van der Waals surface area contributed by atoms with Crippen LogP contribution in [-0.2, 0) is 4.79 Å². The Balaban J connectivity index is -0.000000173. The molecule has 31 heavy (non-hydrogen) atoms. The molecule has 0 saturated carbocycles. The molecule has 0 radical (unpaired) electrons. The second-order valence-corrected chi connectivity index (χ2v) is 8.11. The Morgan fingerprint density at radius 3 is 1.16 bits per heavy atom. The van der Waals surface area contributed by atoms with E-state index in [2.05, 4.69) is 6.92 Å².